The summed E-state index contributed by atoms with van der Waals surface area (Å²) in [6, 6.07) is 13.8. The zero-order valence-electron chi connectivity index (χ0n) is 9.61. The standard InChI is InChI=1S/C14H13BrFNO/c15-11-5-3-4-10(8-11)14(18)9-17-13-7-2-1-6-12(13)16/h1-8,14,17-18H,9H2. The van der Waals surface area contributed by atoms with Crippen molar-refractivity contribution in [1.29, 1.82) is 0 Å². The van der Waals surface area contributed by atoms with Gasteiger partial charge in [-0.1, -0.05) is 40.2 Å². The molecule has 0 saturated heterocycles. The minimum absolute atomic E-state index is 0.261. The lowest BCUT2D eigenvalue weighted by Gasteiger charge is -2.13. The molecule has 0 aliphatic carbocycles. The maximum Gasteiger partial charge on any atom is 0.146 e. The Balaban J connectivity index is 2.00. The zero-order valence-corrected chi connectivity index (χ0v) is 11.2. The van der Waals surface area contributed by atoms with Gasteiger partial charge in [0.1, 0.15) is 5.82 Å². The van der Waals surface area contributed by atoms with E-state index >= 15 is 0 Å². The monoisotopic (exact) mass is 309 g/mol. The van der Waals surface area contributed by atoms with Gasteiger partial charge in [-0.2, -0.15) is 0 Å². The van der Waals surface area contributed by atoms with Crippen LogP contribution in [0.4, 0.5) is 10.1 Å². The molecule has 0 aliphatic rings. The first-order valence-electron chi connectivity index (χ1n) is 5.59. The first kappa shape index (κ1) is 13.1. The van der Waals surface area contributed by atoms with Gasteiger partial charge in [0.15, 0.2) is 0 Å². The van der Waals surface area contributed by atoms with Gasteiger partial charge >= 0.3 is 0 Å². The Morgan fingerprint density at radius 1 is 1.17 bits per heavy atom. The van der Waals surface area contributed by atoms with Gasteiger partial charge in [-0.3, -0.25) is 0 Å². The molecule has 0 fully saturated rings. The summed E-state index contributed by atoms with van der Waals surface area (Å²) >= 11 is 3.35. The third kappa shape index (κ3) is 3.31. The number of halogens is 2. The van der Waals surface area contributed by atoms with Crippen molar-refractivity contribution in [3.8, 4) is 0 Å². The third-order valence-corrected chi connectivity index (χ3v) is 3.09. The van der Waals surface area contributed by atoms with Gasteiger partial charge in [0.2, 0.25) is 0 Å². The number of aliphatic hydroxyl groups is 1. The summed E-state index contributed by atoms with van der Waals surface area (Å²) in [5, 5.41) is 12.9. The minimum atomic E-state index is -0.679. The number of anilines is 1. The van der Waals surface area contributed by atoms with Crippen LogP contribution < -0.4 is 5.32 Å². The number of nitrogens with one attached hydrogen (secondary N) is 1. The summed E-state index contributed by atoms with van der Waals surface area (Å²) in [6.07, 6.45) is -0.679. The predicted octanol–water partition coefficient (Wildman–Crippen LogP) is 3.73. The number of benzene rings is 2. The molecule has 18 heavy (non-hydrogen) atoms. The number of aliphatic hydroxyl groups excluding tert-OH is 1. The van der Waals surface area contributed by atoms with E-state index in [1.165, 1.54) is 6.07 Å². The van der Waals surface area contributed by atoms with Gasteiger partial charge < -0.3 is 10.4 Å². The summed E-state index contributed by atoms with van der Waals surface area (Å²) in [7, 11) is 0. The average Bonchev–Trinajstić information content (AvgIpc) is 2.37. The predicted molar refractivity (Wildman–Crippen MR) is 74.0 cm³/mol. The summed E-state index contributed by atoms with van der Waals surface area (Å²) in [5.74, 6) is -0.320. The highest BCUT2D eigenvalue weighted by atomic mass is 79.9. The van der Waals surface area contributed by atoms with Crippen LogP contribution in [0.25, 0.3) is 0 Å². The van der Waals surface area contributed by atoms with Crippen LogP contribution in [-0.4, -0.2) is 11.7 Å². The Bertz CT molecular complexity index is 533. The Kier molecular flexibility index (Phi) is 4.33. The zero-order chi connectivity index (χ0) is 13.0. The van der Waals surface area contributed by atoms with Gasteiger partial charge in [0.25, 0.3) is 0 Å². The van der Waals surface area contributed by atoms with Crippen molar-refractivity contribution >= 4 is 21.6 Å². The lowest BCUT2D eigenvalue weighted by Crippen LogP contribution is -2.12. The van der Waals surface area contributed by atoms with E-state index in [1.54, 1.807) is 18.2 Å². The molecule has 0 aliphatic heterocycles. The van der Waals surface area contributed by atoms with Crippen molar-refractivity contribution in [3.63, 3.8) is 0 Å². The van der Waals surface area contributed by atoms with Crippen molar-refractivity contribution < 1.29 is 9.50 Å². The lowest BCUT2D eigenvalue weighted by atomic mass is 10.1. The average molecular weight is 310 g/mol. The van der Waals surface area contributed by atoms with E-state index in [1.807, 2.05) is 24.3 Å². The molecule has 0 heterocycles. The van der Waals surface area contributed by atoms with E-state index < -0.39 is 6.10 Å². The minimum Gasteiger partial charge on any atom is -0.387 e. The van der Waals surface area contributed by atoms with Crippen molar-refractivity contribution in [2.75, 3.05) is 11.9 Å². The van der Waals surface area contributed by atoms with Gasteiger partial charge in [-0.15, -0.1) is 0 Å². The molecule has 1 unspecified atom stereocenters. The van der Waals surface area contributed by atoms with Crippen molar-refractivity contribution in [2.24, 2.45) is 0 Å². The first-order chi connectivity index (χ1) is 8.66. The van der Waals surface area contributed by atoms with E-state index in [0.29, 0.717) is 5.69 Å². The van der Waals surface area contributed by atoms with Gasteiger partial charge in [-0.05, 0) is 29.8 Å². The molecule has 0 bridgehead atoms. The quantitative estimate of drug-likeness (QED) is 0.902. The second-order valence-electron chi connectivity index (χ2n) is 3.93. The van der Waals surface area contributed by atoms with E-state index in [-0.39, 0.29) is 12.4 Å². The molecule has 0 radical (unpaired) electrons. The van der Waals surface area contributed by atoms with Gasteiger partial charge in [0.05, 0.1) is 11.8 Å². The summed E-state index contributed by atoms with van der Waals surface area (Å²) < 4.78 is 14.3. The van der Waals surface area contributed by atoms with Crippen molar-refractivity contribution in [2.45, 2.75) is 6.10 Å². The van der Waals surface area contributed by atoms with Crippen LogP contribution in [0.3, 0.4) is 0 Å². The summed E-state index contributed by atoms with van der Waals surface area (Å²) in [6.45, 7) is 0.261. The largest absolute Gasteiger partial charge is 0.387 e. The third-order valence-electron chi connectivity index (χ3n) is 2.59. The van der Waals surface area contributed by atoms with Crippen molar-refractivity contribution in [3.05, 3.63) is 64.4 Å². The highest BCUT2D eigenvalue weighted by Crippen LogP contribution is 2.19. The molecule has 2 nitrogen and oxygen atoms in total. The normalized spacial score (nSPS) is 12.2. The molecule has 2 aromatic rings. The first-order valence-corrected chi connectivity index (χ1v) is 6.38. The molecule has 0 aromatic heterocycles. The molecular weight excluding hydrogens is 297 g/mol. The second kappa shape index (κ2) is 5.98. The molecule has 0 spiro atoms. The smallest absolute Gasteiger partial charge is 0.146 e. The number of para-hydroxylation sites is 1. The Labute approximate surface area is 114 Å². The van der Waals surface area contributed by atoms with Crippen LogP contribution in [0, 0.1) is 5.82 Å². The number of hydrogen-bond donors (Lipinski definition) is 2. The molecule has 1 atom stereocenters. The highest BCUT2D eigenvalue weighted by Gasteiger charge is 2.08. The second-order valence-corrected chi connectivity index (χ2v) is 4.85. The summed E-state index contributed by atoms with van der Waals surface area (Å²) in [4.78, 5) is 0. The molecule has 2 aromatic carbocycles. The molecule has 2 rings (SSSR count). The molecular formula is C14H13BrFNO. The number of rotatable bonds is 4. The Morgan fingerprint density at radius 3 is 2.67 bits per heavy atom. The van der Waals surface area contributed by atoms with E-state index in [4.69, 9.17) is 0 Å². The van der Waals surface area contributed by atoms with E-state index in [0.717, 1.165) is 10.0 Å². The molecule has 94 valence electrons. The summed E-state index contributed by atoms with van der Waals surface area (Å²) in [5.41, 5.74) is 1.18. The van der Waals surface area contributed by atoms with Gasteiger partial charge in [0, 0.05) is 11.0 Å². The fraction of sp³-hybridized carbons (Fsp3) is 0.143. The molecule has 2 N–H and O–H groups in total. The highest BCUT2D eigenvalue weighted by molar-refractivity contribution is 9.10. The lowest BCUT2D eigenvalue weighted by molar-refractivity contribution is 0.191. The SMILES string of the molecule is OC(CNc1ccccc1F)c1cccc(Br)c1. The van der Waals surface area contributed by atoms with Crippen LogP contribution in [-0.2, 0) is 0 Å². The van der Waals surface area contributed by atoms with Crippen LogP contribution in [0.1, 0.15) is 11.7 Å². The van der Waals surface area contributed by atoms with Crippen LogP contribution in [0.5, 0.6) is 0 Å². The Morgan fingerprint density at radius 2 is 1.94 bits per heavy atom. The maximum absolute atomic E-state index is 13.4. The van der Waals surface area contributed by atoms with E-state index in [9.17, 15) is 9.50 Å². The van der Waals surface area contributed by atoms with Crippen LogP contribution >= 0.6 is 15.9 Å². The van der Waals surface area contributed by atoms with Crippen molar-refractivity contribution in [1.82, 2.24) is 0 Å². The fourth-order valence-corrected chi connectivity index (χ4v) is 2.06. The number of hydrogen-bond acceptors (Lipinski definition) is 2. The molecule has 0 amide bonds. The maximum atomic E-state index is 13.4. The fourth-order valence-electron chi connectivity index (χ4n) is 1.64. The van der Waals surface area contributed by atoms with Gasteiger partial charge in [-0.25, -0.2) is 4.39 Å². The van der Waals surface area contributed by atoms with E-state index in [2.05, 4.69) is 21.2 Å². The van der Waals surface area contributed by atoms with Crippen LogP contribution in [0.15, 0.2) is 53.0 Å². The molecule has 0 saturated carbocycles. The van der Waals surface area contributed by atoms with Crippen LogP contribution in [0.2, 0.25) is 0 Å². The molecule has 4 heteroatoms. The topological polar surface area (TPSA) is 32.3 Å². The Hall–Kier alpha value is -1.39.